The molecule has 0 spiro atoms. The Kier molecular flexibility index (Phi) is 8.84. The Labute approximate surface area is 131 Å². The van der Waals surface area contributed by atoms with Crippen LogP contribution in [0.3, 0.4) is 0 Å². The van der Waals surface area contributed by atoms with Gasteiger partial charge in [0.2, 0.25) is 0 Å². The topological polar surface area (TPSA) is 12.0 Å². The van der Waals surface area contributed by atoms with E-state index in [-0.39, 0.29) is 0 Å². The lowest BCUT2D eigenvalue weighted by molar-refractivity contribution is 0.388. The molecule has 0 heterocycles. The van der Waals surface area contributed by atoms with E-state index in [2.05, 4.69) is 66.3 Å². The lowest BCUT2D eigenvalue weighted by atomic mass is 9.95. The lowest BCUT2D eigenvalue weighted by Crippen LogP contribution is -2.33. The van der Waals surface area contributed by atoms with Gasteiger partial charge in [0.1, 0.15) is 0 Å². The molecule has 0 aliphatic rings. The van der Waals surface area contributed by atoms with Gasteiger partial charge in [-0.15, -0.1) is 11.8 Å². The first-order chi connectivity index (χ1) is 9.19. The molecule has 1 rings (SSSR count). The van der Waals surface area contributed by atoms with Gasteiger partial charge in [0.05, 0.1) is 0 Å². The lowest BCUT2D eigenvalue weighted by Gasteiger charge is -2.22. The first-order valence-electron chi connectivity index (χ1n) is 7.31. The number of benzene rings is 1. The third-order valence-electron chi connectivity index (χ3n) is 3.51. The highest BCUT2D eigenvalue weighted by Crippen LogP contribution is 2.25. The first-order valence-corrected chi connectivity index (χ1v) is 9.09. The van der Waals surface area contributed by atoms with Crippen LogP contribution in [0.5, 0.6) is 0 Å². The highest BCUT2D eigenvalue weighted by molar-refractivity contribution is 9.10. The predicted molar refractivity (Wildman–Crippen MR) is 91.0 cm³/mol. The van der Waals surface area contributed by atoms with Crippen LogP contribution in [0.1, 0.15) is 40.0 Å². The summed E-state index contributed by atoms with van der Waals surface area (Å²) < 4.78 is 1.16. The molecule has 1 aromatic carbocycles. The van der Waals surface area contributed by atoms with Crippen molar-refractivity contribution < 1.29 is 0 Å². The van der Waals surface area contributed by atoms with Gasteiger partial charge in [-0.2, -0.15) is 0 Å². The summed E-state index contributed by atoms with van der Waals surface area (Å²) in [6, 6.07) is 9.20. The Hall–Kier alpha value is 0.01000. The smallest absolute Gasteiger partial charge is 0.0186 e. The van der Waals surface area contributed by atoms with Crippen molar-refractivity contribution in [2.75, 3.05) is 12.3 Å². The second-order valence-electron chi connectivity index (χ2n) is 4.94. The van der Waals surface area contributed by atoms with E-state index in [4.69, 9.17) is 0 Å². The van der Waals surface area contributed by atoms with Crippen molar-refractivity contribution in [1.82, 2.24) is 5.32 Å². The van der Waals surface area contributed by atoms with Crippen molar-refractivity contribution in [3.8, 4) is 0 Å². The molecule has 0 saturated heterocycles. The summed E-state index contributed by atoms with van der Waals surface area (Å²) in [5.41, 5.74) is 0. The van der Waals surface area contributed by atoms with Gasteiger partial charge in [0, 0.05) is 21.2 Å². The van der Waals surface area contributed by atoms with Crippen LogP contribution in [0.2, 0.25) is 0 Å². The highest BCUT2D eigenvalue weighted by atomic mass is 79.9. The van der Waals surface area contributed by atoms with Crippen molar-refractivity contribution >= 4 is 27.7 Å². The minimum atomic E-state index is 0.624. The normalized spacial score (nSPS) is 12.9. The van der Waals surface area contributed by atoms with E-state index in [1.54, 1.807) is 0 Å². The van der Waals surface area contributed by atoms with E-state index < -0.39 is 0 Å². The first kappa shape index (κ1) is 17.1. The van der Waals surface area contributed by atoms with E-state index in [9.17, 15) is 0 Å². The molecule has 0 bridgehead atoms. The van der Waals surface area contributed by atoms with Gasteiger partial charge >= 0.3 is 0 Å². The third kappa shape index (κ3) is 6.82. The highest BCUT2D eigenvalue weighted by Gasteiger charge is 2.13. The van der Waals surface area contributed by atoms with Crippen LogP contribution in [-0.4, -0.2) is 18.3 Å². The zero-order valence-electron chi connectivity index (χ0n) is 12.3. The molecule has 19 heavy (non-hydrogen) atoms. The van der Waals surface area contributed by atoms with Gasteiger partial charge in [-0.3, -0.25) is 0 Å². The zero-order chi connectivity index (χ0) is 14.1. The van der Waals surface area contributed by atoms with Crippen molar-refractivity contribution in [3.63, 3.8) is 0 Å². The van der Waals surface area contributed by atoms with Gasteiger partial charge in [0.15, 0.2) is 0 Å². The van der Waals surface area contributed by atoms with Crippen molar-refractivity contribution in [3.05, 3.63) is 28.7 Å². The molecule has 108 valence electrons. The molecule has 0 radical (unpaired) electrons. The van der Waals surface area contributed by atoms with E-state index in [0.29, 0.717) is 6.04 Å². The maximum absolute atomic E-state index is 3.63. The van der Waals surface area contributed by atoms with Crippen LogP contribution >= 0.6 is 27.7 Å². The summed E-state index contributed by atoms with van der Waals surface area (Å²) in [4.78, 5) is 1.35. The van der Waals surface area contributed by atoms with Crippen LogP contribution in [0.25, 0.3) is 0 Å². The molecule has 0 aliphatic carbocycles. The molecular weight excluding hydrogens is 318 g/mol. The molecule has 0 aliphatic heterocycles. The molecule has 0 aromatic heterocycles. The molecule has 0 fully saturated rings. The van der Waals surface area contributed by atoms with E-state index in [1.807, 2.05) is 11.8 Å². The van der Waals surface area contributed by atoms with Crippen LogP contribution in [-0.2, 0) is 0 Å². The molecule has 0 amide bonds. The summed E-state index contributed by atoms with van der Waals surface area (Å²) in [7, 11) is 0. The Balaban J connectivity index is 2.49. The summed E-state index contributed by atoms with van der Waals surface area (Å²) in [6.07, 6.45) is 3.88. The zero-order valence-corrected chi connectivity index (χ0v) is 14.7. The predicted octanol–water partition coefficient (Wildman–Crippen LogP) is 5.35. The number of halogens is 1. The number of rotatable bonds is 9. The van der Waals surface area contributed by atoms with Crippen LogP contribution < -0.4 is 5.32 Å². The molecule has 3 heteroatoms. The van der Waals surface area contributed by atoms with Crippen molar-refractivity contribution in [1.29, 1.82) is 0 Å². The Morgan fingerprint density at radius 2 is 1.95 bits per heavy atom. The largest absolute Gasteiger partial charge is 0.313 e. The third-order valence-corrected chi connectivity index (χ3v) is 5.16. The fraction of sp³-hybridized carbons (Fsp3) is 0.625. The van der Waals surface area contributed by atoms with Crippen molar-refractivity contribution in [2.24, 2.45) is 5.92 Å². The van der Waals surface area contributed by atoms with E-state index in [1.165, 1.54) is 24.2 Å². The summed E-state index contributed by atoms with van der Waals surface area (Å²) in [5.74, 6) is 2.01. The average Bonchev–Trinajstić information content (AvgIpc) is 2.42. The maximum Gasteiger partial charge on any atom is 0.0186 e. The number of thioether (sulfide) groups is 1. The second kappa shape index (κ2) is 9.84. The van der Waals surface area contributed by atoms with Crippen LogP contribution in [0.15, 0.2) is 33.6 Å². The van der Waals surface area contributed by atoms with Crippen molar-refractivity contribution in [2.45, 2.75) is 51.0 Å². The Bertz CT molecular complexity index is 352. The molecule has 1 nitrogen and oxygen atoms in total. The maximum atomic E-state index is 3.63. The van der Waals surface area contributed by atoms with Gasteiger partial charge in [-0.05, 0) is 37.1 Å². The molecule has 1 unspecified atom stereocenters. The van der Waals surface area contributed by atoms with E-state index in [0.717, 1.165) is 22.7 Å². The molecule has 0 saturated carbocycles. The van der Waals surface area contributed by atoms with Gasteiger partial charge in [-0.25, -0.2) is 0 Å². The summed E-state index contributed by atoms with van der Waals surface area (Å²) in [5, 5.41) is 3.63. The molecule has 1 atom stereocenters. The minimum absolute atomic E-state index is 0.624. The molecule has 1 aromatic rings. The van der Waals surface area contributed by atoms with E-state index >= 15 is 0 Å². The van der Waals surface area contributed by atoms with Crippen LogP contribution in [0.4, 0.5) is 0 Å². The average molecular weight is 344 g/mol. The Morgan fingerprint density at radius 3 is 2.53 bits per heavy atom. The number of hydrogen-bond acceptors (Lipinski definition) is 2. The van der Waals surface area contributed by atoms with Gasteiger partial charge in [-0.1, -0.05) is 55.6 Å². The molecule has 1 N–H and O–H groups in total. The summed E-state index contributed by atoms with van der Waals surface area (Å²) in [6.45, 7) is 7.87. The molecular formula is C16H26BrNS. The SMILES string of the molecule is CCNC(CSc1cccc(Br)c1)CC(CC)CC. The fourth-order valence-corrected chi connectivity index (χ4v) is 3.86. The minimum Gasteiger partial charge on any atom is -0.313 e. The monoisotopic (exact) mass is 343 g/mol. The van der Waals surface area contributed by atoms with Gasteiger partial charge in [0.25, 0.3) is 0 Å². The number of nitrogens with one attached hydrogen (secondary N) is 1. The summed E-state index contributed by atoms with van der Waals surface area (Å²) >= 11 is 5.49. The Morgan fingerprint density at radius 1 is 1.21 bits per heavy atom. The number of hydrogen-bond donors (Lipinski definition) is 1. The standard InChI is InChI=1S/C16H26BrNS/c1-4-13(5-2)10-15(18-6-3)12-19-16-9-7-8-14(17)11-16/h7-9,11,13,15,18H,4-6,10,12H2,1-3H3. The fourth-order valence-electron chi connectivity index (χ4n) is 2.28. The van der Waals surface area contributed by atoms with Gasteiger partial charge < -0.3 is 5.32 Å². The second-order valence-corrected chi connectivity index (χ2v) is 6.95. The van der Waals surface area contributed by atoms with Crippen LogP contribution in [0, 0.1) is 5.92 Å². The quantitative estimate of drug-likeness (QED) is 0.607.